The smallest absolute Gasteiger partial charge is 0.341 e. The Morgan fingerprint density at radius 3 is 2.65 bits per heavy atom. The highest BCUT2D eigenvalue weighted by Crippen LogP contribution is 2.29. The zero-order valence-corrected chi connectivity index (χ0v) is 11.2. The molecule has 0 aliphatic carbocycles. The number of carboxylic acids is 1. The van der Waals surface area contributed by atoms with Gasteiger partial charge in [-0.05, 0) is 17.7 Å². The minimum absolute atomic E-state index is 0.0752. The number of hydrogen-bond donors (Lipinski definition) is 1. The average Bonchev–Trinajstić information content (AvgIpc) is 2.42. The SMILES string of the molecule is CC/C(=C/c1ccc(OCC(=O)O)c(OC)c1)[N+](=O)[O-]. The number of rotatable bonds is 7. The van der Waals surface area contributed by atoms with E-state index in [2.05, 4.69) is 0 Å². The van der Waals surface area contributed by atoms with Gasteiger partial charge in [0.25, 0.3) is 0 Å². The summed E-state index contributed by atoms with van der Waals surface area (Å²) in [6.45, 7) is 1.21. The van der Waals surface area contributed by atoms with Crippen molar-refractivity contribution in [2.24, 2.45) is 0 Å². The van der Waals surface area contributed by atoms with Gasteiger partial charge in [0.05, 0.1) is 12.0 Å². The normalized spacial score (nSPS) is 11.0. The maximum Gasteiger partial charge on any atom is 0.341 e. The molecule has 0 amide bonds. The summed E-state index contributed by atoms with van der Waals surface area (Å²) in [5, 5.41) is 19.3. The molecule has 0 radical (unpaired) electrons. The zero-order chi connectivity index (χ0) is 15.1. The number of carbonyl (C=O) groups is 1. The van der Waals surface area contributed by atoms with Gasteiger partial charge in [0, 0.05) is 12.5 Å². The van der Waals surface area contributed by atoms with Crippen molar-refractivity contribution >= 4 is 12.0 Å². The molecular weight excluding hydrogens is 266 g/mol. The summed E-state index contributed by atoms with van der Waals surface area (Å²) >= 11 is 0. The standard InChI is InChI=1S/C13H15NO6/c1-3-10(14(17)18)6-9-4-5-11(12(7-9)19-2)20-8-13(15)16/h4-7H,3,8H2,1-2H3,(H,15,16)/b10-6-. The van der Waals surface area contributed by atoms with Gasteiger partial charge in [0.2, 0.25) is 5.70 Å². The average molecular weight is 281 g/mol. The Kier molecular flexibility index (Phi) is 5.52. The molecule has 0 fully saturated rings. The van der Waals surface area contributed by atoms with Crippen LogP contribution in [0.15, 0.2) is 23.9 Å². The van der Waals surface area contributed by atoms with Crippen LogP contribution in [0.5, 0.6) is 11.5 Å². The number of hydrogen-bond acceptors (Lipinski definition) is 5. The molecule has 108 valence electrons. The van der Waals surface area contributed by atoms with Gasteiger partial charge >= 0.3 is 5.97 Å². The van der Waals surface area contributed by atoms with Crippen LogP contribution in [0.1, 0.15) is 18.9 Å². The predicted molar refractivity (Wildman–Crippen MR) is 71.4 cm³/mol. The fourth-order valence-electron chi connectivity index (χ4n) is 1.51. The number of carboxylic acid groups (broad SMARTS) is 1. The van der Waals surface area contributed by atoms with Gasteiger partial charge in [-0.3, -0.25) is 10.1 Å². The lowest BCUT2D eigenvalue weighted by molar-refractivity contribution is -0.425. The summed E-state index contributed by atoms with van der Waals surface area (Å²) in [7, 11) is 1.41. The van der Waals surface area contributed by atoms with Crippen LogP contribution < -0.4 is 9.47 Å². The van der Waals surface area contributed by atoms with Crippen LogP contribution in [0.4, 0.5) is 0 Å². The first-order valence-electron chi connectivity index (χ1n) is 5.85. The molecule has 1 N–H and O–H groups in total. The van der Waals surface area contributed by atoms with Crippen molar-refractivity contribution in [3.05, 3.63) is 39.6 Å². The lowest BCUT2D eigenvalue weighted by atomic mass is 10.1. The molecule has 7 nitrogen and oxygen atoms in total. The maximum absolute atomic E-state index is 10.7. The molecule has 0 saturated carbocycles. The monoisotopic (exact) mass is 281 g/mol. The molecule has 1 rings (SSSR count). The van der Waals surface area contributed by atoms with Crippen LogP contribution in [0, 0.1) is 10.1 Å². The number of benzene rings is 1. The number of aliphatic carboxylic acids is 1. The largest absolute Gasteiger partial charge is 0.493 e. The number of methoxy groups -OCH3 is 1. The van der Waals surface area contributed by atoms with Crippen LogP contribution in [0.2, 0.25) is 0 Å². The highest BCUT2D eigenvalue weighted by Gasteiger charge is 2.10. The Bertz CT molecular complexity index is 538. The van der Waals surface area contributed by atoms with E-state index in [1.54, 1.807) is 19.1 Å². The number of allylic oxidation sites excluding steroid dienone is 1. The number of ether oxygens (including phenoxy) is 2. The van der Waals surface area contributed by atoms with Crippen molar-refractivity contribution in [1.29, 1.82) is 0 Å². The van der Waals surface area contributed by atoms with E-state index in [0.29, 0.717) is 17.7 Å². The number of nitro groups is 1. The Labute approximate surface area is 115 Å². The molecule has 1 aromatic carbocycles. The number of nitrogens with zero attached hydrogens (tertiary/aromatic N) is 1. The fourth-order valence-corrected chi connectivity index (χ4v) is 1.51. The quantitative estimate of drug-likeness (QED) is 0.607. The zero-order valence-electron chi connectivity index (χ0n) is 11.2. The third-order valence-electron chi connectivity index (χ3n) is 2.47. The Morgan fingerprint density at radius 1 is 1.45 bits per heavy atom. The van der Waals surface area contributed by atoms with Crippen LogP contribution in [0.25, 0.3) is 6.08 Å². The topological polar surface area (TPSA) is 98.9 Å². The second-order valence-corrected chi connectivity index (χ2v) is 3.84. The lowest BCUT2D eigenvalue weighted by Gasteiger charge is -2.09. The van der Waals surface area contributed by atoms with Crippen LogP contribution in [-0.4, -0.2) is 29.7 Å². The molecule has 0 spiro atoms. The Morgan fingerprint density at radius 2 is 2.15 bits per heavy atom. The highest BCUT2D eigenvalue weighted by molar-refractivity contribution is 5.68. The molecule has 0 aliphatic rings. The first kappa shape index (κ1) is 15.5. The third kappa shape index (κ3) is 4.27. The van der Waals surface area contributed by atoms with E-state index in [-0.39, 0.29) is 11.4 Å². The highest BCUT2D eigenvalue weighted by atomic mass is 16.6. The molecule has 0 aromatic heterocycles. The minimum atomic E-state index is -1.10. The molecule has 0 atom stereocenters. The van der Waals surface area contributed by atoms with Gasteiger partial charge in [-0.15, -0.1) is 0 Å². The van der Waals surface area contributed by atoms with Crippen molar-refractivity contribution in [2.75, 3.05) is 13.7 Å². The van der Waals surface area contributed by atoms with Crippen molar-refractivity contribution in [3.63, 3.8) is 0 Å². The summed E-state index contributed by atoms with van der Waals surface area (Å²) in [5.41, 5.74) is 0.657. The molecule has 7 heteroatoms. The molecule has 20 heavy (non-hydrogen) atoms. The lowest BCUT2D eigenvalue weighted by Crippen LogP contribution is -2.10. The molecule has 0 saturated heterocycles. The summed E-state index contributed by atoms with van der Waals surface area (Å²) in [5.74, 6) is -0.511. The summed E-state index contributed by atoms with van der Waals surface area (Å²) in [6, 6.07) is 4.66. The van der Waals surface area contributed by atoms with Gasteiger partial charge in [-0.25, -0.2) is 4.79 Å². The molecule has 0 unspecified atom stereocenters. The first-order valence-corrected chi connectivity index (χ1v) is 5.85. The van der Waals surface area contributed by atoms with Crippen LogP contribution in [0.3, 0.4) is 0 Å². The van der Waals surface area contributed by atoms with Crippen molar-refractivity contribution in [3.8, 4) is 11.5 Å². The van der Waals surface area contributed by atoms with Crippen molar-refractivity contribution in [1.82, 2.24) is 0 Å². The molecular formula is C13H15NO6. The van der Waals surface area contributed by atoms with E-state index in [1.807, 2.05) is 0 Å². The first-order chi connectivity index (χ1) is 9.47. The predicted octanol–water partition coefficient (Wildman–Crippen LogP) is 2.19. The van der Waals surface area contributed by atoms with E-state index in [1.165, 1.54) is 19.3 Å². The van der Waals surface area contributed by atoms with E-state index >= 15 is 0 Å². The molecule has 0 heterocycles. The molecule has 0 aliphatic heterocycles. The van der Waals surface area contributed by atoms with E-state index in [9.17, 15) is 14.9 Å². The fraction of sp³-hybridized carbons (Fsp3) is 0.308. The summed E-state index contributed by atoms with van der Waals surface area (Å²) < 4.78 is 10.1. The van der Waals surface area contributed by atoms with Gasteiger partial charge in [-0.2, -0.15) is 0 Å². The molecule has 0 bridgehead atoms. The van der Waals surface area contributed by atoms with Gasteiger partial charge in [0.15, 0.2) is 18.1 Å². The molecule has 1 aromatic rings. The van der Waals surface area contributed by atoms with Gasteiger partial charge in [0.1, 0.15) is 0 Å². The maximum atomic E-state index is 10.7. The Hall–Kier alpha value is -2.57. The van der Waals surface area contributed by atoms with Crippen LogP contribution in [-0.2, 0) is 4.79 Å². The summed E-state index contributed by atoms with van der Waals surface area (Å²) in [6.07, 6.45) is 1.73. The van der Waals surface area contributed by atoms with Crippen molar-refractivity contribution in [2.45, 2.75) is 13.3 Å². The van der Waals surface area contributed by atoms with E-state index < -0.39 is 17.5 Å². The van der Waals surface area contributed by atoms with Gasteiger partial charge < -0.3 is 14.6 Å². The van der Waals surface area contributed by atoms with Gasteiger partial charge in [-0.1, -0.05) is 13.0 Å². The van der Waals surface area contributed by atoms with Crippen molar-refractivity contribution < 1.29 is 24.3 Å². The van der Waals surface area contributed by atoms with E-state index in [0.717, 1.165) is 0 Å². The Balaban J connectivity index is 3.03. The minimum Gasteiger partial charge on any atom is -0.493 e. The van der Waals surface area contributed by atoms with E-state index in [4.69, 9.17) is 14.6 Å². The second kappa shape index (κ2) is 7.13. The third-order valence-corrected chi connectivity index (χ3v) is 2.47. The summed E-state index contributed by atoms with van der Waals surface area (Å²) in [4.78, 5) is 20.8. The second-order valence-electron chi connectivity index (χ2n) is 3.84. The van der Waals surface area contributed by atoms with Crippen LogP contribution >= 0.6 is 0 Å².